The number of aromatic nitrogens is 2. The van der Waals surface area contributed by atoms with E-state index >= 15 is 0 Å². The molecule has 9 nitrogen and oxygen atoms in total. The molecule has 0 spiro atoms. The molecule has 2 aliphatic heterocycles. The molecule has 212 valence electrons. The lowest BCUT2D eigenvalue weighted by Gasteiger charge is -2.38. The molecule has 2 aromatic rings. The topological polar surface area (TPSA) is 111 Å². The van der Waals surface area contributed by atoms with E-state index < -0.39 is 35.6 Å². The summed E-state index contributed by atoms with van der Waals surface area (Å²) in [5.41, 5.74) is -0.428. The number of rotatable bonds is 7. The van der Waals surface area contributed by atoms with Gasteiger partial charge in [0.2, 0.25) is 0 Å². The van der Waals surface area contributed by atoms with Gasteiger partial charge in [-0.2, -0.15) is 23.5 Å². The lowest BCUT2D eigenvalue weighted by atomic mass is 9.82. The zero-order valence-corrected chi connectivity index (χ0v) is 22.4. The molecular weight excluding hydrogens is 525 g/mol. The number of nitriles is 1. The average Bonchev–Trinajstić information content (AvgIpc) is 3.54. The maximum Gasteiger partial charge on any atom is 0.416 e. The highest BCUT2D eigenvalue weighted by Gasteiger charge is 2.52. The number of benzene rings is 1. The van der Waals surface area contributed by atoms with E-state index in [0.717, 1.165) is 31.0 Å². The third-order valence-electron chi connectivity index (χ3n) is 7.93. The third kappa shape index (κ3) is 4.82. The molecule has 12 heteroatoms. The van der Waals surface area contributed by atoms with Crippen LogP contribution in [0.5, 0.6) is 0 Å². The van der Waals surface area contributed by atoms with Crippen LogP contribution in [0.15, 0.2) is 24.3 Å². The van der Waals surface area contributed by atoms with Crippen molar-refractivity contribution in [2.24, 2.45) is 5.92 Å². The molecule has 1 saturated heterocycles. The first-order valence-corrected chi connectivity index (χ1v) is 13.7. The number of amides is 3. The number of carbonyl (C=O) groups is 3. The normalized spacial score (nSPS) is 22.7. The monoisotopic (exact) mass is 556 g/mol. The van der Waals surface area contributed by atoms with Crippen LogP contribution in [-0.2, 0) is 17.5 Å². The molecule has 0 bridgehead atoms. The molecule has 1 aliphatic carbocycles. The molecule has 3 aliphatic rings. The number of halogens is 3. The molecule has 2 fully saturated rings. The van der Waals surface area contributed by atoms with Crippen molar-refractivity contribution in [3.05, 3.63) is 46.6 Å². The highest BCUT2D eigenvalue weighted by Crippen LogP contribution is 2.51. The second-order valence-corrected chi connectivity index (χ2v) is 10.6. The van der Waals surface area contributed by atoms with E-state index in [2.05, 4.69) is 16.5 Å². The van der Waals surface area contributed by atoms with Crippen LogP contribution in [0.2, 0.25) is 0 Å². The summed E-state index contributed by atoms with van der Waals surface area (Å²) in [6, 6.07) is 4.61. The number of likely N-dealkylation sites (N-methyl/N-ethyl adjacent to an activating group) is 1. The van der Waals surface area contributed by atoms with Crippen LogP contribution < -0.4 is 10.2 Å². The van der Waals surface area contributed by atoms with E-state index in [1.54, 1.807) is 11.6 Å². The van der Waals surface area contributed by atoms with Gasteiger partial charge in [0.25, 0.3) is 17.7 Å². The molecule has 3 atom stereocenters. The van der Waals surface area contributed by atoms with Crippen molar-refractivity contribution in [2.75, 3.05) is 18.0 Å². The Bertz CT molecular complexity index is 1380. The molecule has 0 radical (unpaired) electrons. The fourth-order valence-corrected chi connectivity index (χ4v) is 5.94. The number of nitrogens with zero attached hydrogens (tertiary/aromatic N) is 5. The molecule has 3 heterocycles. The second-order valence-electron chi connectivity index (χ2n) is 10.6. The van der Waals surface area contributed by atoms with Gasteiger partial charge in [-0.3, -0.25) is 19.3 Å². The standard InChI is InChI=1S/C28H31F3N6O3/c1-3-12-37-25-21(23(34-37)27(40)36-13-6-9-19(36)15-32)20(16-10-11-16)22(26(39)35(25)4-2)33-24(38)17-7-5-8-18(14-17)28(29,30)31/h5,7-8,14,16,19-20,22H,3-4,6,9-13H2,1-2H3,(H,33,38)/t19-,20+,22+/m0/s1. The molecule has 3 amide bonds. The van der Waals surface area contributed by atoms with Gasteiger partial charge in [0.15, 0.2) is 5.69 Å². The SMILES string of the molecule is CCCn1nc(C(=O)N2CCC[C@H]2C#N)c2c1N(CC)C(=O)[C@H](NC(=O)c1cccc(C(F)(F)F)c1)[C@@H]2C1CC1. The van der Waals surface area contributed by atoms with Crippen LogP contribution in [0.1, 0.15) is 83.8 Å². The van der Waals surface area contributed by atoms with Crippen molar-refractivity contribution >= 4 is 23.5 Å². The molecule has 40 heavy (non-hydrogen) atoms. The first kappa shape index (κ1) is 27.7. The van der Waals surface area contributed by atoms with E-state index in [0.29, 0.717) is 43.7 Å². The average molecular weight is 557 g/mol. The maximum absolute atomic E-state index is 13.9. The van der Waals surface area contributed by atoms with Crippen molar-refractivity contribution < 1.29 is 27.6 Å². The van der Waals surface area contributed by atoms with Gasteiger partial charge in [-0.25, -0.2) is 4.68 Å². The Morgan fingerprint density at radius 2 is 1.95 bits per heavy atom. The summed E-state index contributed by atoms with van der Waals surface area (Å²) < 4.78 is 41.6. The van der Waals surface area contributed by atoms with Crippen LogP contribution >= 0.6 is 0 Å². The first-order chi connectivity index (χ1) is 19.1. The summed E-state index contributed by atoms with van der Waals surface area (Å²) in [5.74, 6) is -1.63. The van der Waals surface area contributed by atoms with Gasteiger partial charge in [-0.05, 0) is 63.1 Å². The summed E-state index contributed by atoms with van der Waals surface area (Å²) in [7, 11) is 0. The minimum absolute atomic E-state index is 0.00955. The lowest BCUT2D eigenvalue weighted by molar-refractivity contribution is -0.137. The number of carbonyl (C=O) groups excluding carboxylic acids is 3. The van der Waals surface area contributed by atoms with Crippen molar-refractivity contribution in [1.82, 2.24) is 20.0 Å². The molecule has 1 aromatic carbocycles. The van der Waals surface area contributed by atoms with Crippen LogP contribution in [0.4, 0.5) is 19.0 Å². The highest BCUT2D eigenvalue weighted by molar-refractivity contribution is 6.07. The van der Waals surface area contributed by atoms with E-state index in [9.17, 15) is 32.8 Å². The largest absolute Gasteiger partial charge is 0.416 e. The fraction of sp³-hybridized carbons (Fsp3) is 0.536. The van der Waals surface area contributed by atoms with Crippen molar-refractivity contribution in [3.8, 4) is 6.07 Å². The number of likely N-dealkylation sites (tertiary alicyclic amines) is 1. The predicted molar refractivity (Wildman–Crippen MR) is 138 cm³/mol. The Labute approximate surface area is 229 Å². The smallest absolute Gasteiger partial charge is 0.340 e. The Morgan fingerprint density at radius 1 is 1.20 bits per heavy atom. The van der Waals surface area contributed by atoms with Gasteiger partial charge in [0.1, 0.15) is 17.9 Å². The van der Waals surface area contributed by atoms with Gasteiger partial charge in [0.05, 0.1) is 11.6 Å². The highest BCUT2D eigenvalue weighted by atomic mass is 19.4. The predicted octanol–water partition coefficient (Wildman–Crippen LogP) is 4.10. The molecule has 1 aromatic heterocycles. The minimum Gasteiger partial charge on any atom is -0.340 e. The van der Waals surface area contributed by atoms with E-state index in [-0.39, 0.29) is 35.5 Å². The summed E-state index contributed by atoms with van der Waals surface area (Å²) in [4.78, 5) is 44.0. The van der Waals surface area contributed by atoms with Crippen LogP contribution in [0.25, 0.3) is 0 Å². The Balaban J connectivity index is 1.58. The van der Waals surface area contributed by atoms with Crippen LogP contribution in [0.3, 0.4) is 0 Å². The van der Waals surface area contributed by atoms with Crippen molar-refractivity contribution in [3.63, 3.8) is 0 Å². The number of alkyl halides is 3. The first-order valence-electron chi connectivity index (χ1n) is 13.7. The van der Waals surface area contributed by atoms with Crippen LogP contribution in [-0.4, -0.2) is 57.6 Å². The van der Waals surface area contributed by atoms with E-state index in [1.807, 2.05) is 6.92 Å². The van der Waals surface area contributed by atoms with Gasteiger partial charge in [-0.15, -0.1) is 0 Å². The Morgan fingerprint density at radius 3 is 2.58 bits per heavy atom. The number of hydrogen-bond donors (Lipinski definition) is 1. The molecule has 1 saturated carbocycles. The minimum atomic E-state index is -4.62. The number of nitrogens with one attached hydrogen (secondary N) is 1. The van der Waals surface area contributed by atoms with Gasteiger partial charge >= 0.3 is 6.18 Å². The zero-order chi connectivity index (χ0) is 28.8. The summed E-state index contributed by atoms with van der Waals surface area (Å²) >= 11 is 0. The van der Waals surface area contributed by atoms with E-state index in [4.69, 9.17) is 0 Å². The molecule has 5 rings (SSSR count). The number of anilines is 1. The van der Waals surface area contributed by atoms with Crippen LogP contribution in [0, 0.1) is 17.2 Å². The third-order valence-corrected chi connectivity index (χ3v) is 7.93. The summed E-state index contributed by atoms with van der Waals surface area (Å²) in [6.45, 7) is 4.86. The second kappa shape index (κ2) is 10.6. The lowest BCUT2D eigenvalue weighted by Crippen LogP contribution is -2.56. The fourth-order valence-electron chi connectivity index (χ4n) is 5.94. The van der Waals surface area contributed by atoms with Gasteiger partial charge in [-0.1, -0.05) is 13.0 Å². The quantitative estimate of drug-likeness (QED) is 0.552. The number of fused-ring (bicyclic) bond motifs is 1. The molecule has 1 N–H and O–H groups in total. The molecular formula is C28H31F3N6O3. The van der Waals surface area contributed by atoms with Crippen molar-refractivity contribution in [2.45, 2.75) is 76.7 Å². The van der Waals surface area contributed by atoms with Gasteiger partial charge in [0, 0.05) is 36.7 Å². The van der Waals surface area contributed by atoms with Gasteiger partial charge < -0.3 is 10.2 Å². The number of aryl methyl sites for hydroxylation is 1. The number of hydrogen-bond acceptors (Lipinski definition) is 5. The summed E-state index contributed by atoms with van der Waals surface area (Å²) in [5, 5.41) is 17.0. The van der Waals surface area contributed by atoms with Crippen molar-refractivity contribution in [1.29, 1.82) is 5.26 Å². The molecule has 0 unspecified atom stereocenters. The van der Waals surface area contributed by atoms with E-state index in [1.165, 1.54) is 15.9 Å². The zero-order valence-electron chi connectivity index (χ0n) is 22.4. The Hall–Kier alpha value is -3.88. The maximum atomic E-state index is 13.9. The Kier molecular flexibility index (Phi) is 7.33. The summed E-state index contributed by atoms with van der Waals surface area (Å²) in [6.07, 6.45) is -1.11.